The van der Waals surface area contributed by atoms with E-state index in [1.807, 2.05) is 19.1 Å². The smallest absolute Gasteiger partial charge is 0.317 e. The Morgan fingerprint density at radius 3 is 2.86 bits per heavy atom. The number of rotatable bonds is 3. The van der Waals surface area contributed by atoms with E-state index in [0.29, 0.717) is 18.4 Å². The number of likely N-dealkylation sites (tertiary alicyclic amines) is 1. The Kier molecular flexibility index (Phi) is 4.27. The van der Waals surface area contributed by atoms with Crippen molar-refractivity contribution in [3.8, 4) is 0 Å². The Bertz CT molecular complexity index is 571. The molecular formula is C16H22N4O2. The van der Waals surface area contributed by atoms with Gasteiger partial charge < -0.3 is 15.5 Å². The van der Waals surface area contributed by atoms with Crippen molar-refractivity contribution in [1.29, 1.82) is 0 Å². The number of urea groups is 1. The summed E-state index contributed by atoms with van der Waals surface area (Å²) in [7, 11) is 0. The van der Waals surface area contributed by atoms with Gasteiger partial charge in [-0.15, -0.1) is 0 Å². The Labute approximate surface area is 130 Å². The number of pyridine rings is 1. The fourth-order valence-electron chi connectivity index (χ4n) is 2.70. The van der Waals surface area contributed by atoms with Gasteiger partial charge in [-0.2, -0.15) is 0 Å². The number of nitrogens with zero attached hydrogens (tertiary/aromatic N) is 2. The molecule has 6 heteroatoms. The summed E-state index contributed by atoms with van der Waals surface area (Å²) in [4.78, 5) is 30.5. The highest BCUT2D eigenvalue weighted by Gasteiger charge is 2.31. The molecule has 0 radical (unpaired) electrons. The Hall–Kier alpha value is -2.11. The predicted molar refractivity (Wildman–Crippen MR) is 83.5 cm³/mol. The summed E-state index contributed by atoms with van der Waals surface area (Å²) in [5, 5.41) is 5.87. The van der Waals surface area contributed by atoms with E-state index in [4.69, 9.17) is 0 Å². The van der Waals surface area contributed by atoms with Crippen LogP contribution in [0.2, 0.25) is 0 Å². The van der Waals surface area contributed by atoms with Gasteiger partial charge in [-0.05, 0) is 44.2 Å². The van der Waals surface area contributed by atoms with Gasteiger partial charge in [0.1, 0.15) is 5.82 Å². The van der Waals surface area contributed by atoms with Gasteiger partial charge in [0, 0.05) is 25.3 Å². The Morgan fingerprint density at radius 1 is 1.32 bits per heavy atom. The molecule has 2 heterocycles. The first kappa shape index (κ1) is 14.8. The second-order valence-corrected chi connectivity index (χ2v) is 6.17. The summed E-state index contributed by atoms with van der Waals surface area (Å²) in [5.41, 5.74) is 0.940. The maximum atomic E-state index is 12.4. The van der Waals surface area contributed by atoms with Gasteiger partial charge in [-0.1, -0.05) is 6.07 Å². The van der Waals surface area contributed by atoms with Crippen molar-refractivity contribution in [3.63, 3.8) is 0 Å². The number of amides is 3. The summed E-state index contributed by atoms with van der Waals surface area (Å²) >= 11 is 0. The summed E-state index contributed by atoms with van der Waals surface area (Å²) in [6, 6.07) is 4.07. The highest BCUT2D eigenvalue weighted by Crippen LogP contribution is 2.22. The standard InChI is InChI=1S/C16H22N4O2/c1-11-4-2-8-17-14(11)19-15(21)12-5-3-9-20(10-12)16(22)18-13-6-7-13/h2,4,8,12-13H,3,5-7,9-10H2,1H3,(H,18,22)(H,17,19,21). The number of carbonyl (C=O) groups is 2. The SMILES string of the molecule is Cc1cccnc1NC(=O)C1CCCN(C(=O)NC2CC2)C1. The first-order chi connectivity index (χ1) is 10.6. The quantitative estimate of drug-likeness (QED) is 0.895. The largest absolute Gasteiger partial charge is 0.335 e. The number of anilines is 1. The third kappa shape index (κ3) is 3.55. The van der Waals surface area contributed by atoms with E-state index >= 15 is 0 Å². The van der Waals surface area contributed by atoms with Crippen molar-refractivity contribution in [3.05, 3.63) is 23.9 Å². The van der Waals surface area contributed by atoms with E-state index in [0.717, 1.165) is 37.8 Å². The van der Waals surface area contributed by atoms with Crippen molar-refractivity contribution in [2.75, 3.05) is 18.4 Å². The highest BCUT2D eigenvalue weighted by atomic mass is 16.2. The van der Waals surface area contributed by atoms with Crippen LogP contribution < -0.4 is 10.6 Å². The van der Waals surface area contributed by atoms with Crippen molar-refractivity contribution in [2.45, 2.75) is 38.6 Å². The number of aromatic nitrogens is 1. The lowest BCUT2D eigenvalue weighted by molar-refractivity contribution is -0.121. The van der Waals surface area contributed by atoms with Crippen molar-refractivity contribution < 1.29 is 9.59 Å². The first-order valence-corrected chi connectivity index (χ1v) is 7.91. The molecule has 1 saturated carbocycles. The summed E-state index contributed by atoms with van der Waals surface area (Å²) in [6.07, 6.45) is 5.48. The number of hydrogen-bond acceptors (Lipinski definition) is 3. The van der Waals surface area contributed by atoms with Gasteiger partial charge in [0.05, 0.1) is 5.92 Å². The van der Waals surface area contributed by atoms with E-state index < -0.39 is 0 Å². The van der Waals surface area contributed by atoms with Crippen LogP contribution in [0.1, 0.15) is 31.2 Å². The molecule has 0 aromatic carbocycles. The summed E-state index contributed by atoms with van der Waals surface area (Å²) < 4.78 is 0. The number of aryl methyl sites for hydroxylation is 1. The molecule has 2 fully saturated rings. The zero-order valence-electron chi connectivity index (χ0n) is 12.8. The van der Waals surface area contributed by atoms with Crippen LogP contribution in [0.4, 0.5) is 10.6 Å². The number of nitrogens with one attached hydrogen (secondary N) is 2. The number of carbonyl (C=O) groups excluding carboxylic acids is 2. The monoisotopic (exact) mass is 302 g/mol. The van der Waals surface area contributed by atoms with Gasteiger partial charge in [0.15, 0.2) is 0 Å². The molecule has 1 unspecified atom stereocenters. The Balaban J connectivity index is 1.57. The third-order valence-electron chi connectivity index (χ3n) is 4.24. The molecule has 2 aliphatic rings. The normalized spacial score (nSPS) is 21.3. The molecule has 1 aromatic rings. The van der Waals surface area contributed by atoms with Crippen molar-refractivity contribution in [2.24, 2.45) is 5.92 Å². The molecule has 1 atom stereocenters. The zero-order valence-corrected chi connectivity index (χ0v) is 12.8. The van der Waals surface area contributed by atoms with Crippen LogP contribution in [-0.4, -0.2) is 41.0 Å². The van der Waals surface area contributed by atoms with Crippen LogP contribution in [0, 0.1) is 12.8 Å². The average Bonchev–Trinajstić information content (AvgIpc) is 3.33. The van der Waals surface area contributed by atoms with Gasteiger partial charge in [0.25, 0.3) is 0 Å². The number of piperidine rings is 1. The maximum absolute atomic E-state index is 12.4. The molecule has 1 aliphatic carbocycles. The molecule has 3 rings (SSSR count). The summed E-state index contributed by atoms with van der Waals surface area (Å²) in [5.74, 6) is 0.387. The first-order valence-electron chi connectivity index (χ1n) is 7.91. The minimum absolute atomic E-state index is 0.0333. The van der Waals surface area contributed by atoms with Gasteiger partial charge in [-0.25, -0.2) is 9.78 Å². The Morgan fingerprint density at radius 2 is 2.14 bits per heavy atom. The maximum Gasteiger partial charge on any atom is 0.317 e. The molecule has 118 valence electrons. The average molecular weight is 302 g/mol. The topological polar surface area (TPSA) is 74.3 Å². The van der Waals surface area contributed by atoms with Gasteiger partial charge in [-0.3, -0.25) is 4.79 Å². The van der Waals surface area contributed by atoms with Crippen LogP contribution in [0.3, 0.4) is 0 Å². The van der Waals surface area contributed by atoms with Crippen molar-refractivity contribution in [1.82, 2.24) is 15.2 Å². The highest BCUT2D eigenvalue weighted by molar-refractivity contribution is 5.92. The lowest BCUT2D eigenvalue weighted by Gasteiger charge is -2.32. The van der Waals surface area contributed by atoms with Gasteiger partial charge >= 0.3 is 6.03 Å². The predicted octanol–water partition coefficient (Wildman–Crippen LogP) is 1.91. The van der Waals surface area contributed by atoms with E-state index in [1.54, 1.807) is 11.1 Å². The van der Waals surface area contributed by atoms with Crippen LogP contribution in [-0.2, 0) is 4.79 Å². The van der Waals surface area contributed by atoms with E-state index in [1.165, 1.54) is 0 Å². The molecule has 6 nitrogen and oxygen atoms in total. The second kappa shape index (κ2) is 6.34. The molecule has 22 heavy (non-hydrogen) atoms. The second-order valence-electron chi connectivity index (χ2n) is 6.17. The molecule has 1 aromatic heterocycles. The molecular weight excluding hydrogens is 280 g/mol. The van der Waals surface area contributed by atoms with E-state index in [2.05, 4.69) is 15.6 Å². The van der Waals surface area contributed by atoms with Crippen molar-refractivity contribution >= 4 is 17.8 Å². The molecule has 0 bridgehead atoms. The molecule has 0 spiro atoms. The molecule has 1 saturated heterocycles. The third-order valence-corrected chi connectivity index (χ3v) is 4.24. The minimum atomic E-state index is -0.167. The van der Waals surface area contributed by atoms with Crippen LogP contribution >= 0.6 is 0 Å². The zero-order chi connectivity index (χ0) is 15.5. The van der Waals surface area contributed by atoms with Crippen LogP contribution in [0.25, 0.3) is 0 Å². The van der Waals surface area contributed by atoms with Crippen LogP contribution in [0.5, 0.6) is 0 Å². The molecule has 3 amide bonds. The van der Waals surface area contributed by atoms with E-state index in [9.17, 15) is 9.59 Å². The minimum Gasteiger partial charge on any atom is -0.335 e. The van der Waals surface area contributed by atoms with E-state index in [-0.39, 0.29) is 17.9 Å². The lowest BCUT2D eigenvalue weighted by atomic mass is 9.97. The number of hydrogen-bond donors (Lipinski definition) is 2. The lowest BCUT2D eigenvalue weighted by Crippen LogP contribution is -2.48. The fourth-order valence-corrected chi connectivity index (χ4v) is 2.70. The van der Waals surface area contributed by atoms with Gasteiger partial charge in [0.2, 0.25) is 5.91 Å². The van der Waals surface area contributed by atoms with Crippen LogP contribution in [0.15, 0.2) is 18.3 Å². The molecule has 1 aliphatic heterocycles. The fraction of sp³-hybridized carbons (Fsp3) is 0.562. The summed E-state index contributed by atoms with van der Waals surface area (Å²) in [6.45, 7) is 3.13. The molecule has 2 N–H and O–H groups in total.